The first-order valence-electron chi connectivity index (χ1n) is 5.94. The second kappa shape index (κ2) is 5.79. The molecule has 0 unspecified atom stereocenters. The maximum Gasteiger partial charge on any atom is 0.118 e. The van der Waals surface area contributed by atoms with Gasteiger partial charge in [-0.05, 0) is 36.5 Å². The van der Waals surface area contributed by atoms with Gasteiger partial charge in [0.2, 0.25) is 0 Å². The fourth-order valence-corrected chi connectivity index (χ4v) is 1.85. The third kappa shape index (κ3) is 3.58. The second-order valence-electron chi connectivity index (χ2n) is 4.44. The van der Waals surface area contributed by atoms with Crippen molar-refractivity contribution < 1.29 is 5.11 Å². The van der Waals surface area contributed by atoms with Crippen LogP contribution < -0.4 is 0 Å². The number of benzene rings is 1. The molecule has 0 radical (unpaired) electrons. The molecular weight excluding hydrogens is 184 g/mol. The summed E-state index contributed by atoms with van der Waals surface area (Å²) in [6.45, 7) is 6.45. The quantitative estimate of drug-likeness (QED) is 0.709. The molecule has 1 rings (SSSR count). The zero-order valence-corrected chi connectivity index (χ0v) is 10.1. The van der Waals surface area contributed by atoms with Crippen molar-refractivity contribution >= 4 is 0 Å². The van der Waals surface area contributed by atoms with Gasteiger partial charge in [0.15, 0.2) is 0 Å². The monoisotopic (exact) mass is 206 g/mol. The number of aromatic hydroxyl groups is 1. The zero-order chi connectivity index (χ0) is 11.3. The van der Waals surface area contributed by atoms with Crippen LogP contribution in [0.4, 0.5) is 0 Å². The van der Waals surface area contributed by atoms with Gasteiger partial charge in [-0.1, -0.05) is 45.2 Å². The molecule has 0 aliphatic heterocycles. The Morgan fingerprint density at radius 1 is 1.27 bits per heavy atom. The van der Waals surface area contributed by atoms with E-state index in [1.165, 1.54) is 31.2 Å². The minimum Gasteiger partial charge on any atom is -0.508 e. The van der Waals surface area contributed by atoms with E-state index in [2.05, 4.69) is 19.9 Å². The first-order valence-corrected chi connectivity index (χ1v) is 5.94. The van der Waals surface area contributed by atoms with Gasteiger partial charge in [-0.25, -0.2) is 0 Å². The van der Waals surface area contributed by atoms with E-state index >= 15 is 0 Å². The van der Waals surface area contributed by atoms with Gasteiger partial charge in [-0.3, -0.25) is 0 Å². The maximum atomic E-state index is 9.44. The van der Waals surface area contributed by atoms with Crippen LogP contribution in [0.5, 0.6) is 5.75 Å². The summed E-state index contributed by atoms with van der Waals surface area (Å²) in [7, 11) is 0. The van der Waals surface area contributed by atoms with Gasteiger partial charge in [-0.2, -0.15) is 0 Å². The van der Waals surface area contributed by atoms with Gasteiger partial charge in [-0.15, -0.1) is 0 Å². The van der Waals surface area contributed by atoms with Crippen molar-refractivity contribution in [3.05, 3.63) is 29.3 Å². The summed E-state index contributed by atoms with van der Waals surface area (Å²) in [6, 6.07) is 5.95. The van der Waals surface area contributed by atoms with Crippen molar-refractivity contribution in [2.75, 3.05) is 0 Å². The van der Waals surface area contributed by atoms with Gasteiger partial charge < -0.3 is 5.11 Å². The van der Waals surface area contributed by atoms with E-state index in [1.54, 1.807) is 6.07 Å². The number of phenolic OH excluding ortho intramolecular Hbond substituents is 1. The Morgan fingerprint density at radius 3 is 2.60 bits per heavy atom. The molecule has 84 valence electrons. The van der Waals surface area contributed by atoms with E-state index in [0.717, 1.165) is 5.56 Å². The predicted octanol–water partition coefficient (Wildman–Crippen LogP) is 4.38. The summed E-state index contributed by atoms with van der Waals surface area (Å²) in [4.78, 5) is 0. The third-order valence-corrected chi connectivity index (χ3v) is 3.03. The lowest BCUT2D eigenvalue weighted by atomic mass is 9.94. The average Bonchev–Trinajstić information content (AvgIpc) is 2.22. The van der Waals surface area contributed by atoms with E-state index < -0.39 is 0 Å². The van der Waals surface area contributed by atoms with Crippen molar-refractivity contribution in [2.24, 2.45) is 0 Å². The molecule has 0 bridgehead atoms. The molecule has 0 spiro atoms. The van der Waals surface area contributed by atoms with Crippen LogP contribution in [-0.4, -0.2) is 5.11 Å². The average molecular weight is 206 g/mol. The van der Waals surface area contributed by atoms with E-state index in [4.69, 9.17) is 0 Å². The first-order chi connectivity index (χ1) is 7.15. The summed E-state index contributed by atoms with van der Waals surface area (Å²) < 4.78 is 0. The number of aryl methyl sites for hydroxylation is 1. The summed E-state index contributed by atoms with van der Waals surface area (Å²) in [5, 5.41) is 9.44. The first kappa shape index (κ1) is 12.1. The van der Waals surface area contributed by atoms with Crippen LogP contribution >= 0.6 is 0 Å². The highest BCUT2D eigenvalue weighted by Crippen LogP contribution is 2.26. The number of unbranched alkanes of at least 4 members (excludes halogenated alkanes) is 2. The number of phenols is 1. The van der Waals surface area contributed by atoms with E-state index in [-0.39, 0.29) is 0 Å². The fraction of sp³-hybridized carbons (Fsp3) is 0.571. The minimum absolute atomic E-state index is 0.402. The normalized spacial score (nSPS) is 12.7. The van der Waals surface area contributed by atoms with Crippen LogP contribution in [0.15, 0.2) is 18.2 Å². The molecule has 1 aromatic carbocycles. The molecule has 15 heavy (non-hydrogen) atoms. The van der Waals surface area contributed by atoms with E-state index in [9.17, 15) is 5.11 Å². The molecule has 0 saturated carbocycles. The molecule has 0 saturated heterocycles. The van der Waals surface area contributed by atoms with E-state index in [1.807, 2.05) is 13.0 Å². The standard InChI is InChI=1S/C14H22O/c1-4-5-6-7-11(2)13-8-9-14(15)12(3)10-13/h8-11,15H,4-7H2,1-3H3/t11-/m0/s1. The number of hydrogen-bond donors (Lipinski definition) is 1. The molecule has 1 aromatic rings. The van der Waals surface area contributed by atoms with Gasteiger partial charge in [0, 0.05) is 0 Å². The summed E-state index contributed by atoms with van der Waals surface area (Å²) in [5.74, 6) is 1.01. The van der Waals surface area contributed by atoms with Crippen LogP contribution in [0.1, 0.15) is 56.6 Å². The maximum absolute atomic E-state index is 9.44. The molecule has 0 aromatic heterocycles. The molecule has 1 atom stereocenters. The molecule has 1 heteroatoms. The Balaban J connectivity index is 2.57. The van der Waals surface area contributed by atoms with Crippen LogP contribution in [0.3, 0.4) is 0 Å². The second-order valence-corrected chi connectivity index (χ2v) is 4.44. The van der Waals surface area contributed by atoms with Crippen molar-refractivity contribution in [3.8, 4) is 5.75 Å². The van der Waals surface area contributed by atoms with Crippen LogP contribution in [0, 0.1) is 6.92 Å². The highest BCUT2D eigenvalue weighted by atomic mass is 16.3. The number of rotatable bonds is 5. The fourth-order valence-electron chi connectivity index (χ4n) is 1.85. The number of hydrogen-bond acceptors (Lipinski definition) is 1. The van der Waals surface area contributed by atoms with Gasteiger partial charge in [0.25, 0.3) is 0 Å². The Morgan fingerprint density at radius 2 is 2.00 bits per heavy atom. The lowest BCUT2D eigenvalue weighted by Crippen LogP contribution is -1.94. The smallest absolute Gasteiger partial charge is 0.118 e. The largest absolute Gasteiger partial charge is 0.508 e. The summed E-state index contributed by atoms with van der Waals surface area (Å²) >= 11 is 0. The van der Waals surface area contributed by atoms with Crippen molar-refractivity contribution in [1.29, 1.82) is 0 Å². The van der Waals surface area contributed by atoms with Crippen LogP contribution in [0.25, 0.3) is 0 Å². The summed E-state index contributed by atoms with van der Waals surface area (Å²) in [5.41, 5.74) is 2.33. The predicted molar refractivity (Wildman–Crippen MR) is 65.4 cm³/mol. The lowest BCUT2D eigenvalue weighted by Gasteiger charge is -2.12. The third-order valence-electron chi connectivity index (χ3n) is 3.03. The van der Waals surface area contributed by atoms with Gasteiger partial charge in [0.05, 0.1) is 0 Å². The van der Waals surface area contributed by atoms with Crippen molar-refractivity contribution in [3.63, 3.8) is 0 Å². The Hall–Kier alpha value is -0.980. The topological polar surface area (TPSA) is 20.2 Å². The molecule has 0 aliphatic rings. The molecular formula is C14H22O. The van der Waals surface area contributed by atoms with Gasteiger partial charge >= 0.3 is 0 Å². The minimum atomic E-state index is 0.402. The highest BCUT2D eigenvalue weighted by molar-refractivity contribution is 5.36. The molecule has 0 fully saturated rings. The summed E-state index contributed by atoms with van der Waals surface area (Å²) in [6.07, 6.45) is 5.15. The Labute approximate surface area is 93.1 Å². The Kier molecular flexibility index (Phi) is 4.67. The Bertz CT molecular complexity index is 304. The highest BCUT2D eigenvalue weighted by Gasteiger charge is 2.06. The lowest BCUT2D eigenvalue weighted by molar-refractivity contribution is 0.470. The molecule has 1 N–H and O–H groups in total. The van der Waals surface area contributed by atoms with Gasteiger partial charge in [0.1, 0.15) is 5.75 Å². The zero-order valence-electron chi connectivity index (χ0n) is 10.1. The van der Waals surface area contributed by atoms with Crippen molar-refractivity contribution in [1.82, 2.24) is 0 Å². The molecule has 0 heterocycles. The molecule has 0 aliphatic carbocycles. The van der Waals surface area contributed by atoms with Crippen LogP contribution in [-0.2, 0) is 0 Å². The molecule has 1 nitrogen and oxygen atoms in total. The van der Waals surface area contributed by atoms with Crippen molar-refractivity contribution in [2.45, 2.75) is 52.4 Å². The molecule has 0 amide bonds. The SMILES string of the molecule is CCCCC[C@H](C)c1ccc(O)c(C)c1. The van der Waals surface area contributed by atoms with E-state index in [0.29, 0.717) is 11.7 Å². The van der Waals surface area contributed by atoms with Crippen LogP contribution in [0.2, 0.25) is 0 Å².